The SMILES string of the molecule is FC1=CCC(C/C=C/c2cc(F)ccc2F)C=C1. The van der Waals surface area contributed by atoms with Crippen LogP contribution in [0.2, 0.25) is 0 Å². The molecule has 0 aromatic heterocycles. The lowest BCUT2D eigenvalue weighted by Gasteiger charge is -2.10. The molecule has 18 heavy (non-hydrogen) atoms. The van der Waals surface area contributed by atoms with Crippen molar-refractivity contribution in [2.45, 2.75) is 12.8 Å². The first-order valence-corrected chi connectivity index (χ1v) is 5.80. The van der Waals surface area contributed by atoms with Crippen molar-refractivity contribution in [3.63, 3.8) is 0 Å². The molecule has 0 bridgehead atoms. The van der Waals surface area contributed by atoms with E-state index in [1.54, 1.807) is 18.2 Å². The quantitative estimate of drug-likeness (QED) is 0.723. The molecule has 0 saturated heterocycles. The van der Waals surface area contributed by atoms with Gasteiger partial charge in [-0.1, -0.05) is 18.2 Å². The van der Waals surface area contributed by atoms with E-state index >= 15 is 0 Å². The number of rotatable bonds is 3. The molecule has 1 aromatic rings. The van der Waals surface area contributed by atoms with Crippen LogP contribution in [-0.2, 0) is 0 Å². The van der Waals surface area contributed by atoms with Crippen LogP contribution in [0.15, 0.2) is 48.3 Å². The third kappa shape index (κ3) is 3.36. The Morgan fingerprint density at radius 1 is 1.22 bits per heavy atom. The normalized spacial score (nSPS) is 19.3. The maximum absolute atomic E-state index is 13.3. The van der Waals surface area contributed by atoms with Crippen LogP contribution in [0, 0.1) is 17.6 Å². The monoisotopic (exact) mass is 250 g/mol. The average molecular weight is 250 g/mol. The predicted octanol–water partition coefficient (Wildman–Crippen LogP) is 4.80. The van der Waals surface area contributed by atoms with E-state index in [2.05, 4.69) is 0 Å². The number of benzene rings is 1. The molecule has 0 spiro atoms. The highest BCUT2D eigenvalue weighted by Crippen LogP contribution is 2.21. The molecule has 0 fully saturated rings. The summed E-state index contributed by atoms with van der Waals surface area (Å²) in [6, 6.07) is 3.35. The Morgan fingerprint density at radius 2 is 2.06 bits per heavy atom. The van der Waals surface area contributed by atoms with E-state index in [1.807, 2.05) is 0 Å². The largest absolute Gasteiger partial charge is 0.207 e. The minimum absolute atomic E-state index is 0.216. The minimum atomic E-state index is -0.460. The van der Waals surface area contributed by atoms with Gasteiger partial charge in [-0.05, 0) is 49.1 Å². The Labute approximate surface area is 104 Å². The molecule has 94 valence electrons. The Kier molecular flexibility index (Phi) is 4.03. The molecule has 0 nitrogen and oxygen atoms in total. The van der Waals surface area contributed by atoms with Crippen molar-refractivity contribution in [3.05, 3.63) is 65.5 Å². The van der Waals surface area contributed by atoms with Crippen molar-refractivity contribution in [1.29, 1.82) is 0 Å². The molecule has 1 aliphatic rings. The summed E-state index contributed by atoms with van der Waals surface area (Å²) in [5.74, 6) is -0.903. The summed E-state index contributed by atoms with van der Waals surface area (Å²) in [5, 5.41) is 0. The molecule has 1 aliphatic carbocycles. The second-order valence-corrected chi connectivity index (χ2v) is 4.25. The average Bonchev–Trinajstić information content (AvgIpc) is 2.36. The fraction of sp³-hybridized carbons (Fsp3) is 0.200. The first-order chi connectivity index (χ1) is 8.65. The van der Waals surface area contributed by atoms with Crippen LogP contribution in [0.4, 0.5) is 13.2 Å². The van der Waals surface area contributed by atoms with Crippen molar-refractivity contribution in [1.82, 2.24) is 0 Å². The van der Waals surface area contributed by atoms with Crippen LogP contribution in [0.5, 0.6) is 0 Å². The summed E-state index contributed by atoms with van der Waals surface area (Å²) in [5.41, 5.74) is 0.233. The molecular formula is C15H13F3. The number of allylic oxidation sites excluding steroid dienone is 5. The van der Waals surface area contributed by atoms with E-state index in [4.69, 9.17) is 0 Å². The third-order valence-electron chi connectivity index (χ3n) is 2.84. The summed E-state index contributed by atoms with van der Waals surface area (Å²) < 4.78 is 38.9. The van der Waals surface area contributed by atoms with Gasteiger partial charge in [-0.25, -0.2) is 13.2 Å². The van der Waals surface area contributed by atoms with Gasteiger partial charge in [0.25, 0.3) is 0 Å². The molecule has 0 saturated carbocycles. The Morgan fingerprint density at radius 3 is 2.78 bits per heavy atom. The van der Waals surface area contributed by atoms with Gasteiger partial charge in [0.1, 0.15) is 17.5 Å². The molecular weight excluding hydrogens is 237 g/mol. The van der Waals surface area contributed by atoms with E-state index in [0.29, 0.717) is 12.8 Å². The van der Waals surface area contributed by atoms with Crippen molar-refractivity contribution >= 4 is 6.08 Å². The van der Waals surface area contributed by atoms with Gasteiger partial charge in [-0.3, -0.25) is 0 Å². The van der Waals surface area contributed by atoms with Gasteiger partial charge >= 0.3 is 0 Å². The molecule has 0 aliphatic heterocycles. The highest BCUT2D eigenvalue weighted by atomic mass is 19.1. The molecule has 1 atom stereocenters. The van der Waals surface area contributed by atoms with Crippen LogP contribution in [-0.4, -0.2) is 0 Å². The van der Waals surface area contributed by atoms with E-state index in [-0.39, 0.29) is 17.3 Å². The van der Waals surface area contributed by atoms with E-state index in [9.17, 15) is 13.2 Å². The Hall–Kier alpha value is -1.77. The standard InChI is InChI=1S/C15H13F3/c16-13-6-4-11(5-7-13)2-1-3-12-10-14(17)8-9-15(12)18/h1,3-4,6-11H,2,5H2/b3-1+. The van der Waals surface area contributed by atoms with Crippen LogP contribution in [0.25, 0.3) is 6.08 Å². The zero-order chi connectivity index (χ0) is 13.0. The van der Waals surface area contributed by atoms with Crippen LogP contribution >= 0.6 is 0 Å². The van der Waals surface area contributed by atoms with Gasteiger partial charge in [0.05, 0.1) is 0 Å². The highest BCUT2D eigenvalue weighted by molar-refractivity contribution is 5.50. The topological polar surface area (TPSA) is 0 Å². The molecule has 0 N–H and O–H groups in total. The first-order valence-electron chi connectivity index (χ1n) is 5.80. The lowest BCUT2D eigenvalue weighted by atomic mass is 9.96. The van der Waals surface area contributed by atoms with Gasteiger partial charge in [-0.2, -0.15) is 0 Å². The molecule has 0 radical (unpaired) electrons. The van der Waals surface area contributed by atoms with Crippen molar-refractivity contribution in [2.24, 2.45) is 5.92 Å². The summed E-state index contributed by atoms with van der Waals surface area (Å²) in [6.07, 6.45) is 9.41. The zero-order valence-corrected chi connectivity index (χ0v) is 9.74. The van der Waals surface area contributed by atoms with Crippen LogP contribution in [0.3, 0.4) is 0 Å². The maximum atomic E-state index is 13.3. The first kappa shape index (κ1) is 12.7. The third-order valence-corrected chi connectivity index (χ3v) is 2.84. The van der Waals surface area contributed by atoms with E-state index in [1.165, 1.54) is 12.2 Å². The molecule has 3 heteroatoms. The molecule has 1 aromatic carbocycles. The Balaban J connectivity index is 1.96. The number of halogens is 3. The lowest BCUT2D eigenvalue weighted by molar-refractivity contribution is 0.597. The summed E-state index contributed by atoms with van der Waals surface area (Å²) >= 11 is 0. The van der Waals surface area contributed by atoms with Gasteiger partial charge in [0.2, 0.25) is 0 Å². The van der Waals surface area contributed by atoms with Gasteiger partial charge < -0.3 is 0 Å². The summed E-state index contributed by atoms with van der Waals surface area (Å²) in [4.78, 5) is 0. The highest BCUT2D eigenvalue weighted by Gasteiger charge is 2.06. The van der Waals surface area contributed by atoms with Crippen molar-refractivity contribution < 1.29 is 13.2 Å². The fourth-order valence-electron chi connectivity index (χ4n) is 1.83. The molecule has 1 unspecified atom stereocenters. The van der Waals surface area contributed by atoms with Crippen molar-refractivity contribution in [2.75, 3.05) is 0 Å². The van der Waals surface area contributed by atoms with E-state index < -0.39 is 11.6 Å². The second kappa shape index (κ2) is 5.71. The molecule has 2 rings (SSSR count). The molecule has 0 heterocycles. The second-order valence-electron chi connectivity index (χ2n) is 4.25. The Bertz CT molecular complexity index is 512. The predicted molar refractivity (Wildman–Crippen MR) is 66.4 cm³/mol. The summed E-state index contributed by atoms with van der Waals surface area (Å²) in [7, 11) is 0. The number of hydrogen-bond donors (Lipinski definition) is 0. The van der Waals surface area contributed by atoms with Gasteiger partial charge in [0, 0.05) is 5.56 Å². The lowest BCUT2D eigenvalue weighted by Crippen LogP contribution is -1.96. The van der Waals surface area contributed by atoms with Crippen LogP contribution in [0.1, 0.15) is 18.4 Å². The van der Waals surface area contributed by atoms with Gasteiger partial charge in [0.15, 0.2) is 0 Å². The number of hydrogen-bond acceptors (Lipinski definition) is 0. The van der Waals surface area contributed by atoms with Crippen LogP contribution < -0.4 is 0 Å². The maximum Gasteiger partial charge on any atom is 0.130 e. The van der Waals surface area contributed by atoms with Gasteiger partial charge in [-0.15, -0.1) is 0 Å². The van der Waals surface area contributed by atoms with E-state index in [0.717, 1.165) is 18.2 Å². The van der Waals surface area contributed by atoms with Crippen molar-refractivity contribution in [3.8, 4) is 0 Å². The summed E-state index contributed by atoms with van der Waals surface area (Å²) in [6.45, 7) is 0. The smallest absolute Gasteiger partial charge is 0.130 e. The molecule has 0 amide bonds. The zero-order valence-electron chi connectivity index (χ0n) is 9.74. The minimum Gasteiger partial charge on any atom is -0.207 e. The fourth-order valence-corrected chi connectivity index (χ4v) is 1.83.